The fraction of sp³-hybridized carbons (Fsp3) is 0.300. The average Bonchev–Trinajstić information content (AvgIpc) is 3.33. The Bertz CT molecular complexity index is 800. The summed E-state index contributed by atoms with van der Waals surface area (Å²) in [5.74, 6) is 0.0710. The molecule has 2 aliphatic rings. The summed E-state index contributed by atoms with van der Waals surface area (Å²) in [4.78, 5) is 12.7. The highest BCUT2D eigenvalue weighted by Gasteiger charge is 2.33. The maximum absolute atomic E-state index is 12.7. The molecule has 6 heteroatoms. The Morgan fingerprint density at radius 1 is 1.04 bits per heavy atom. The van der Waals surface area contributed by atoms with Gasteiger partial charge in [0.15, 0.2) is 0 Å². The van der Waals surface area contributed by atoms with Gasteiger partial charge in [-0.2, -0.15) is 5.10 Å². The lowest BCUT2D eigenvalue weighted by Crippen LogP contribution is -2.45. The van der Waals surface area contributed by atoms with Crippen LogP contribution in [0.2, 0.25) is 0 Å². The summed E-state index contributed by atoms with van der Waals surface area (Å²) in [6, 6.07) is 18.2. The molecule has 2 aromatic rings. The second-order valence-electron chi connectivity index (χ2n) is 6.65. The van der Waals surface area contributed by atoms with Crippen LogP contribution in [0.4, 0.5) is 4.79 Å². The van der Waals surface area contributed by atoms with Crippen molar-refractivity contribution in [3.05, 3.63) is 70.2 Å². The first-order valence-electron chi connectivity index (χ1n) is 8.93. The van der Waals surface area contributed by atoms with Crippen LogP contribution in [-0.4, -0.2) is 41.4 Å². The number of halogens is 1. The predicted molar refractivity (Wildman–Crippen MR) is 106 cm³/mol. The van der Waals surface area contributed by atoms with E-state index in [-0.39, 0.29) is 11.9 Å². The molecular formula is C20H21BrN4O. The Morgan fingerprint density at radius 3 is 2.42 bits per heavy atom. The van der Waals surface area contributed by atoms with Gasteiger partial charge in [-0.3, -0.25) is 5.43 Å². The highest BCUT2D eigenvalue weighted by atomic mass is 79.9. The summed E-state index contributed by atoms with van der Waals surface area (Å²) in [6.45, 7) is 2.37. The van der Waals surface area contributed by atoms with Gasteiger partial charge >= 0.3 is 6.03 Å². The zero-order chi connectivity index (χ0) is 17.9. The van der Waals surface area contributed by atoms with Crippen LogP contribution in [-0.2, 0) is 0 Å². The lowest BCUT2D eigenvalue weighted by molar-refractivity contribution is 0.164. The Morgan fingerprint density at radius 2 is 1.73 bits per heavy atom. The SMILES string of the molecule is O=C(NN1CCCC1)N1CC(c2ccccc2)C(c2ccc(Br)cc2)=N1. The molecule has 1 fully saturated rings. The molecule has 0 radical (unpaired) electrons. The van der Waals surface area contributed by atoms with Gasteiger partial charge in [0.25, 0.3) is 0 Å². The third kappa shape index (κ3) is 3.66. The first kappa shape index (κ1) is 17.2. The van der Waals surface area contributed by atoms with Crippen LogP contribution in [0.1, 0.15) is 29.9 Å². The number of hydrogen-bond donors (Lipinski definition) is 1. The van der Waals surface area contributed by atoms with Crippen molar-refractivity contribution < 1.29 is 4.79 Å². The lowest BCUT2D eigenvalue weighted by Gasteiger charge is -2.20. The van der Waals surface area contributed by atoms with E-state index in [1.54, 1.807) is 5.01 Å². The molecule has 1 N–H and O–H groups in total. The molecule has 1 atom stereocenters. The maximum Gasteiger partial charge on any atom is 0.352 e. The number of hydrazone groups is 1. The Hall–Kier alpha value is -2.18. The van der Waals surface area contributed by atoms with E-state index in [2.05, 4.69) is 38.6 Å². The highest BCUT2D eigenvalue weighted by Crippen LogP contribution is 2.29. The van der Waals surface area contributed by atoms with Gasteiger partial charge in [-0.1, -0.05) is 58.4 Å². The van der Waals surface area contributed by atoms with Crippen molar-refractivity contribution in [2.24, 2.45) is 5.10 Å². The van der Waals surface area contributed by atoms with E-state index < -0.39 is 0 Å². The fourth-order valence-corrected chi connectivity index (χ4v) is 3.74. The van der Waals surface area contributed by atoms with E-state index in [1.165, 1.54) is 5.56 Å². The summed E-state index contributed by atoms with van der Waals surface area (Å²) in [6.07, 6.45) is 2.25. The standard InChI is InChI=1S/C20H21BrN4O/c21-17-10-8-16(9-11-17)19-18(15-6-2-1-3-7-15)14-25(22-19)20(26)23-24-12-4-5-13-24/h1-3,6-11,18H,4-5,12-14H2,(H,23,26). The number of nitrogens with zero attached hydrogens (tertiary/aromatic N) is 3. The fourth-order valence-electron chi connectivity index (χ4n) is 3.48. The maximum atomic E-state index is 12.7. The zero-order valence-corrected chi connectivity index (χ0v) is 16.0. The molecule has 5 nitrogen and oxygen atoms in total. The Balaban J connectivity index is 1.61. The van der Waals surface area contributed by atoms with Crippen molar-refractivity contribution in [3.63, 3.8) is 0 Å². The normalized spacial score (nSPS) is 20.3. The monoisotopic (exact) mass is 412 g/mol. The quantitative estimate of drug-likeness (QED) is 0.828. The molecular weight excluding hydrogens is 392 g/mol. The molecule has 1 saturated heterocycles. The Labute approximate surface area is 161 Å². The smallest absolute Gasteiger partial charge is 0.269 e. The second-order valence-corrected chi connectivity index (χ2v) is 7.56. The summed E-state index contributed by atoms with van der Waals surface area (Å²) in [7, 11) is 0. The predicted octanol–water partition coefficient (Wildman–Crippen LogP) is 3.97. The number of benzene rings is 2. The molecule has 26 heavy (non-hydrogen) atoms. The number of hydrazine groups is 1. The van der Waals surface area contributed by atoms with Crippen molar-refractivity contribution in [1.82, 2.24) is 15.4 Å². The van der Waals surface area contributed by atoms with E-state index >= 15 is 0 Å². The second kappa shape index (κ2) is 7.60. The van der Waals surface area contributed by atoms with Crippen molar-refractivity contribution in [2.45, 2.75) is 18.8 Å². The molecule has 0 aromatic heterocycles. The summed E-state index contributed by atoms with van der Waals surface area (Å²) >= 11 is 3.48. The number of hydrogen-bond acceptors (Lipinski definition) is 3. The van der Waals surface area contributed by atoms with Crippen LogP contribution in [0.5, 0.6) is 0 Å². The minimum absolute atomic E-state index is 0.0710. The molecule has 2 heterocycles. The van der Waals surface area contributed by atoms with Crippen LogP contribution >= 0.6 is 15.9 Å². The molecule has 2 amide bonds. The van der Waals surface area contributed by atoms with Crippen LogP contribution in [0.3, 0.4) is 0 Å². The number of rotatable bonds is 3. The topological polar surface area (TPSA) is 47.9 Å². The number of carbonyl (C=O) groups is 1. The van der Waals surface area contributed by atoms with Crippen molar-refractivity contribution in [1.29, 1.82) is 0 Å². The largest absolute Gasteiger partial charge is 0.352 e. The van der Waals surface area contributed by atoms with Gasteiger partial charge < -0.3 is 0 Å². The Kier molecular flexibility index (Phi) is 5.04. The van der Waals surface area contributed by atoms with Crippen LogP contribution in [0.15, 0.2) is 64.2 Å². The van der Waals surface area contributed by atoms with Gasteiger partial charge in [-0.05, 0) is 36.1 Å². The minimum atomic E-state index is -0.153. The molecule has 134 valence electrons. The number of carbonyl (C=O) groups excluding carboxylic acids is 1. The first-order valence-corrected chi connectivity index (χ1v) is 9.72. The van der Waals surface area contributed by atoms with Crippen molar-refractivity contribution in [3.8, 4) is 0 Å². The van der Waals surface area contributed by atoms with Crippen molar-refractivity contribution in [2.75, 3.05) is 19.6 Å². The molecule has 0 spiro atoms. The summed E-state index contributed by atoms with van der Waals surface area (Å²) in [5.41, 5.74) is 6.12. The number of amides is 2. The van der Waals surface area contributed by atoms with E-state index in [1.807, 2.05) is 47.5 Å². The van der Waals surface area contributed by atoms with Gasteiger partial charge in [0.05, 0.1) is 12.3 Å². The van der Waals surface area contributed by atoms with Gasteiger partial charge in [0.1, 0.15) is 0 Å². The summed E-state index contributed by atoms with van der Waals surface area (Å²) in [5, 5.41) is 8.23. The van der Waals surface area contributed by atoms with E-state index in [4.69, 9.17) is 0 Å². The van der Waals surface area contributed by atoms with E-state index in [0.717, 1.165) is 41.7 Å². The highest BCUT2D eigenvalue weighted by molar-refractivity contribution is 9.10. The number of urea groups is 1. The third-order valence-electron chi connectivity index (χ3n) is 4.85. The van der Waals surface area contributed by atoms with Gasteiger partial charge in [-0.15, -0.1) is 0 Å². The molecule has 0 aliphatic carbocycles. The van der Waals surface area contributed by atoms with E-state index in [9.17, 15) is 4.79 Å². The van der Waals surface area contributed by atoms with Crippen molar-refractivity contribution >= 4 is 27.7 Å². The van der Waals surface area contributed by atoms with Gasteiger partial charge in [-0.25, -0.2) is 14.8 Å². The zero-order valence-electron chi connectivity index (χ0n) is 14.4. The molecule has 0 bridgehead atoms. The van der Waals surface area contributed by atoms with Gasteiger partial charge in [0.2, 0.25) is 0 Å². The van der Waals surface area contributed by atoms with Crippen LogP contribution < -0.4 is 5.43 Å². The molecule has 2 aliphatic heterocycles. The number of nitrogens with one attached hydrogen (secondary N) is 1. The van der Waals surface area contributed by atoms with Gasteiger partial charge in [0, 0.05) is 23.5 Å². The lowest BCUT2D eigenvalue weighted by atomic mass is 9.91. The molecule has 0 saturated carbocycles. The van der Waals surface area contributed by atoms with Crippen LogP contribution in [0, 0.1) is 0 Å². The molecule has 2 aromatic carbocycles. The van der Waals surface area contributed by atoms with Crippen LogP contribution in [0.25, 0.3) is 0 Å². The summed E-state index contributed by atoms with van der Waals surface area (Å²) < 4.78 is 1.03. The minimum Gasteiger partial charge on any atom is -0.269 e. The van der Waals surface area contributed by atoms with E-state index in [0.29, 0.717) is 6.54 Å². The first-order chi connectivity index (χ1) is 12.7. The third-order valence-corrected chi connectivity index (χ3v) is 5.38. The molecule has 1 unspecified atom stereocenters. The molecule has 4 rings (SSSR count). The average molecular weight is 413 g/mol.